The summed E-state index contributed by atoms with van der Waals surface area (Å²) in [5.74, 6) is 0.420. The maximum atomic E-state index is 13.2. The molecule has 0 aliphatic rings. The lowest BCUT2D eigenvalue weighted by Gasteiger charge is -2.13. The molecule has 0 heterocycles. The van der Waals surface area contributed by atoms with E-state index >= 15 is 0 Å². The Morgan fingerprint density at radius 3 is 2.57 bits per heavy atom. The average Bonchev–Trinajstić information content (AvgIpc) is 2.49. The third-order valence-electron chi connectivity index (χ3n) is 3.29. The first-order chi connectivity index (χ1) is 10.1. The minimum atomic E-state index is -0.246. The number of halogens is 2. The van der Waals surface area contributed by atoms with Gasteiger partial charge in [-0.2, -0.15) is 0 Å². The summed E-state index contributed by atoms with van der Waals surface area (Å²) in [7, 11) is 0. The summed E-state index contributed by atoms with van der Waals surface area (Å²) in [6.07, 6.45) is 0. The predicted octanol–water partition coefficient (Wildman–Crippen LogP) is 5.44. The Kier molecular flexibility index (Phi) is 6.09. The second-order valence-electron chi connectivity index (χ2n) is 4.87. The number of hydrogen-bond donors (Lipinski definition) is 1. The normalized spacial score (nSPS) is 12.4. The van der Waals surface area contributed by atoms with Gasteiger partial charge in [-0.05, 0) is 54.9 Å². The second kappa shape index (κ2) is 7.83. The van der Waals surface area contributed by atoms with Crippen LogP contribution in [0, 0.1) is 5.82 Å². The van der Waals surface area contributed by atoms with Crippen molar-refractivity contribution in [3.8, 4) is 0 Å². The molecule has 0 bridgehead atoms. The van der Waals surface area contributed by atoms with Crippen LogP contribution in [0.2, 0.25) is 5.02 Å². The van der Waals surface area contributed by atoms with Gasteiger partial charge < -0.3 is 5.32 Å². The van der Waals surface area contributed by atoms with Crippen LogP contribution in [0.15, 0.2) is 47.4 Å². The minimum Gasteiger partial charge on any atom is -0.310 e. The number of nitrogens with one attached hydrogen (secondary N) is 1. The van der Waals surface area contributed by atoms with Gasteiger partial charge in [0.25, 0.3) is 0 Å². The average molecular weight is 324 g/mol. The molecule has 0 aromatic heterocycles. The van der Waals surface area contributed by atoms with Crippen molar-refractivity contribution in [3.05, 3.63) is 64.4 Å². The van der Waals surface area contributed by atoms with E-state index in [0.29, 0.717) is 16.8 Å². The molecule has 1 N–H and O–H groups in total. The first-order valence-electron chi connectivity index (χ1n) is 7.00. The highest BCUT2D eigenvalue weighted by atomic mass is 35.5. The topological polar surface area (TPSA) is 12.0 Å². The third-order valence-corrected chi connectivity index (χ3v) is 4.72. The molecular weight excluding hydrogens is 305 g/mol. The zero-order chi connectivity index (χ0) is 15.2. The summed E-state index contributed by atoms with van der Waals surface area (Å²) in [6.45, 7) is 5.21. The van der Waals surface area contributed by atoms with Crippen LogP contribution in [-0.2, 0) is 5.75 Å². The van der Waals surface area contributed by atoms with Gasteiger partial charge in [0.15, 0.2) is 0 Å². The molecule has 0 saturated carbocycles. The summed E-state index contributed by atoms with van der Waals surface area (Å²) >= 11 is 7.73. The summed E-state index contributed by atoms with van der Waals surface area (Å²) in [4.78, 5) is 1.16. The van der Waals surface area contributed by atoms with E-state index in [1.54, 1.807) is 17.8 Å². The van der Waals surface area contributed by atoms with E-state index in [9.17, 15) is 4.39 Å². The van der Waals surface area contributed by atoms with Crippen LogP contribution < -0.4 is 5.32 Å². The van der Waals surface area contributed by atoms with Crippen LogP contribution >= 0.6 is 23.4 Å². The summed E-state index contributed by atoms with van der Waals surface area (Å²) in [5, 5.41) is 4.00. The van der Waals surface area contributed by atoms with Crippen LogP contribution in [0.1, 0.15) is 31.0 Å². The van der Waals surface area contributed by atoms with Crippen molar-refractivity contribution < 1.29 is 4.39 Å². The van der Waals surface area contributed by atoms with Gasteiger partial charge >= 0.3 is 0 Å². The van der Waals surface area contributed by atoms with E-state index < -0.39 is 0 Å². The van der Waals surface area contributed by atoms with Gasteiger partial charge in [0.2, 0.25) is 0 Å². The fourth-order valence-corrected chi connectivity index (χ4v) is 3.24. The Morgan fingerprint density at radius 1 is 1.19 bits per heavy atom. The molecule has 1 unspecified atom stereocenters. The number of hydrogen-bond acceptors (Lipinski definition) is 2. The summed E-state index contributed by atoms with van der Waals surface area (Å²) in [5.41, 5.74) is 2.09. The van der Waals surface area contributed by atoms with Crippen molar-refractivity contribution in [1.29, 1.82) is 0 Å². The largest absolute Gasteiger partial charge is 0.310 e. The van der Waals surface area contributed by atoms with Gasteiger partial charge in [-0.25, -0.2) is 4.39 Å². The zero-order valence-corrected chi connectivity index (χ0v) is 13.8. The molecule has 0 fully saturated rings. The van der Waals surface area contributed by atoms with Crippen LogP contribution in [0.4, 0.5) is 4.39 Å². The van der Waals surface area contributed by atoms with Gasteiger partial charge in [-0.1, -0.05) is 30.7 Å². The van der Waals surface area contributed by atoms with Crippen LogP contribution in [-0.4, -0.2) is 6.54 Å². The van der Waals surface area contributed by atoms with E-state index in [4.69, 9.17) is 11.6 Å². The molecule has 1 nitrogen and oxygen atoms in total. The smallest absolute Gasteiger partial charge is 0.123 e. The maximum absolute atomic E-state index is 13.2. The molecule has 1 atom stereocenters. The Morgan fingerprint density at radius 2 is 1.90 bits per heavy atom. The standard InChI is InChI=1S/C17H19ClFNS/c1-3-20-12(2)13-4-7-16(8-5-13)21-11-14-10-15(19)6-9-17(14)18/h4-10,12,20H,3,11H2,1-2H3. The predicted molar refractivity (Wildman–Crippen MR) is 89.5 cm³/mol. The molecule has 4 heteroatoms. The molecule has 21 heavy (non-hydrogen) atoms. The molecule has 0 aliphatic carbocycles. The van der Waals surface area contributed by atoms with E-state index in [2.05, 4.69) is 43.4 Å². The quantitative estimate of drug-likeness (QED) is 0.710. The van der Waals surface area contributed by atoms with Crippen molar-refractivity contribution in [2.45, 2.75) is 30.5 Å². The molecule has 112 valence electrons. The molecule has 0 saturated heterocycles. The van der Waals surface area contributed by atoms with Crippen LogP contribution in [0.5, 0.6) is 0 Å². The van der Waals surface area contributed by atoms with Gasteiger partial charge in [0.1, 0.15) is 5.82 Å². The van der Waals surface area contributed by atoms with Crippen molar-refractivity contribution in [2.75, 3.05) is 6.54 Å². The first-order valence-corrected chi connectivity index (χ1v) is 8.36. The minimum absolute atomic E-state index is 0.246. The Bertz CT molecular complexity index is 586. The third kappa shape index (κ3) is 4.73. The highest BCUT2D eigenvalue weighted by molar-refractivity contribution is 7.98. The number of thioether (sulfide) groups is 1. The van der Waals surface area contributed by atoms with E-state index in [-0.39, 0.29) is 5.82 Å². The summed E-state index contributed by atoms with van der Waals surface area (Å²) < 4.78 is 13.2. The molecular formula is C17H19ClFNS. The second-order valence-corrected chi connectivity index (χ2v) is 6.33. The molecule has 2 aromatic rings. The van der Waals surface area contributed by atoms with Crippen molar-refractivity contribution in [3.63, 3.8) is 0 Å². The highest BCUT2D eigenvalue weighted by Gasteiger charge is 2.05. The summed E-state index contributed by atoms with van der Waals surface area (Å²) in [6, 6.07) is 13.3. The van der Waals surface area contributed by atoms with Crippen LogP contribution in [0.3, 0.4) is 0 Å². The lowest BCUT2D eigenvalue weighted by atomic mass is 10.1. The number of benzene rings is 2. The Balaban J connectivity index is 1.99. The molecule has 0 amide bonds. The fourth-order valence-electron chi connectivity index (χ4n) is 2.09. The van der Waals surface area contributed by atoms with Crippen molar-refractivity contribution in [1.82, 2.24) is 5.32 Å². The van der Waals surface area contributed by atoms with Crippen LogP contribution in [0.25, 0.3) is 0 Å². The Labute approximate surface area is 134 Å². The lowest BCUT2D eigenvalue weighted by Crippen LogP contribution is -2.17. The zero-order valence-electron chi connectivity index (χ0n) is 12.2. The molecule has 2 rings (SSSR count). The number of rotatable bonds is 6. The SMILES string of the molecule is CCNC(C)c1ccc(SCc2cc(F)ccc2Cl)cc1. The first kappa shape index (κ1) is 16.3. The van der Waals surface area contributed by atoms with Gasteiger partial charge in [0.05, 0.1) is 0 Å². The lowest BCUT2D eigenvalue weighted by molar-refractivity contribution is 0.598. The Hall–Kier alpha value is -1.03. The molecule has 0 spiro atoms. The van der Waals surface area contributed by atoms with E-state index in [1.165, 1.54) is 17.7 Å². The molecule has 0 radical (unpaired) electrons. The molecule has 2 aromatic carbocycles. The monoisotopic (exact) mass is 323 g/mol. The van der Waals surface area contributed by atoms with E-state index in [0.717, 1.165) is 17.0 Å². The highest BCUT2D eigenvalue weighted by Crippen LogP contribution is 2.28. The van der Waals surface area contributed by atoms with E-state index in [1.807, 2.05) is 0 Å². The van der Waals surface area contributed by atoms with Crippen molar-refractivity contribution >= 4 is 23.4 Å². The van der Waals surface area contributed by atoms with Gasteiger partial charge in [-0.3, -0.25) is 0 Å². The maximum Gasteiger partial charge on any atom is 0.123 e. The van der Waals surface area contributed by atoms with Crippen molar-refractivity contribution in [2.24, 2.45) is 0 Å². The molecule has 0 aliphatic heterocycles. The van der Waals surface area contributed by atoms with Gasteiger partial charge in [0, 0.05) is 21.7 Å². The van der Waals surface area contributed by atoms with Gasteiger partial charge in [-0.15, -0.1) is 11.8 Å². The fraction of sp³-hybridized carbons (Fsp3) is 0.294.